The van der Waals surface area contributed by atoms with Crippen molar-refractivity contribution in [3.8, 4) is 11.1 Å². The van der Waals surface area contributed by atoms with Crippen LogP contribution >= 0.6 is 10.2 Å². The molecular formula is C28H30F5N5O2S2. The number of pyridine rings is 1. The lowest BCUT2D eigenvalue weighted by atomic mass is 9.95. The first-order valence-electron chi connectivity index (χ1n) is 13.7. The van der Waals surface area contributed by atoms with Crippen molar-refractivity contribution in [1.82, 2.24) is 19.9 Å². The Balaban J connectivity index is 1.10. The van der Waals surface area contributed by atoms with E-state index in [4.69, 9.17) is 0 Å². The van der Waals surface area contributed by atoms with Gasteiger partial charge in [-0.1, -0.05) is 31.6 Å². The maximum absolute atomic E-state index is 13.4. The third kappa shape index (κ3) is 5.84. The molecule has 1 saturated carbocycles. The van der Waals surface area contributed by atoms with Crippen molar-refractivity contribution in [3.05, 3.63) is 72.7 Å². The Bertz CT molecular complexity index is 1710. The molecule has 0 unspecified atom stereocenters. The Hall–Kier alpha value is -3.23. The SMILES string of the molecule is O=S(=O)(c1ccc(-c2ccc3nnc([C@@H]4CCCN4)n3c2)cc1)C1CCC(Nc2ccc(S(F)(F)(F)(F)F)cc2)CC1. The highest BCUT2D eigenvalue weighted by molar-refractivity contribution is 8.45. The monoisotopic (exact) mass is 627 g/mol. The lowest BCUT2D eigenvalue weighted by Gasteiger charge is -2.40. The second-order valence-electron chi connectivity index (χ2n) is 11.0. The van der Waals surface area contributed by atoms with Crippen molar-refractivity contribution in [2.24, 2.45) is 0 Å². The maximum Gasteiger partial charge on any atom is 0.310 e. The normalized spacial score (nSPS) is 23.4. The van der Waals surface area contributed by atoms with E-state index in [2.05, 4.69) is 20.8 Å². The summed E-state index contributed by atoms with van der Waals surface area (Å²) in [6.45, 7) is 0.942. The predicted molar refractivity (Wildman–Crippen MR) is 153 cm³/mol. The largest absolute Gasteiger partial charge is 0.382 e. The summed E-state index contributed by atoms with van der Waals surface area (Å²) >= 11 is 0. The topological polar surface area (TPSA) is 88.4 Å². The fraction of sp³-hybridized carbons (Fsp3) is 0.357. The van der Waals surface area contributed by atoms with Crippen LogP contribution in [-0.2, 0) is 9.84 Å². The van der Waals surface area contributed by atoms with E-state index in [1.165, 1.54) is 0 Å². The molecule has 1 atom stereocenters. The van der Waals surface area contributed by atoms with E-state index in [-0.39, 0.29) is 22.7 Å². The van der Waals surface area contributed by atoms with Crippen LogP contribution < -0.4 is 10.6 Å². The summed E-state index contributed by atoms with van der Waals surface area (Å²) in [5.41, 5.74) is 2.79. The van der Waals surface area contributed by atoms with Gasteiger partial charge in [0.15, 0.2) is 21.3 Å². The fourth-order valence-electron chi connectivity index (χ4n) is 5.81. The van der Waals surface area contributed by atoms with Gasteiger partial charge in [0.25, 0.3) is 0 Å². The minimum absolute atomic E-state index is 0.150. The maximum atomic E-state index is 13.4. The Morgan fingerprint density at radius 3 is 2.10 bits per heavy atom. The minimum Gasteiger partial charge on any atom is -0.382 e. The van der Waals surface area contributed by atoms with Crippen LogP contribution in [0.2, 0.25) is 0 Å². The van der Waals surface area contributed by atoms with E-state index in [1.807, 2.05) is 22.7 Å². The summed E-state index contributed by atoms with van der Waals surface area (Å²) in [6, 6.07) is 13.3. The minimum atomic E-state index is -9.72. The van der Waals surface area contributed by atoms with Crippen LogP contribution in [0.4, 0.5) is 25.1 Å². The lowest BCUT2D eigenvalue weighted by molar-refractivity contribution is 0.364. The number of nitrogens with zero attached hydrogens (tertiary/aromatic N) is 3. The van der Waals surface area contributed by atoms with Gasteiger partial charge in [-0.25, -0.2) is 8.42 Å². The average molecular weight is 628 g/mol. The molecule has 0 radical (unpaired) electrons. The molecule has 14 heteroatoms. The molecular weight excluding hydrogens is 597 g/mol. The van der Waals surface area contributed by atoms with Gasteiger partial charge in [-0.15, -0.1) is 10.2 Å². The van der Waals surface area contributed by atoms with E-state index >= 15 is 0 Å². The molecule has 2 aromatic carbocycles. The molecule has 2 fully saturated rings. The molecule has 1 saturated heterocycles. The van der Waals surface area contributed by atoms with E-state index in [1.54, 1.807) is 24.3 Å². The zero-order valence-electron chi connectivity index (χ0n) is 22.4. The first-order chi connectivity index (χ1) is 19.7. The summed E-state index contributed by atoms with van der Waals surface area (Å²) in [7, 11) is -13.3. The number of sulfone groups is 1. The fourth-order valence-corrected chi connectivity index (χ4v) is 8.26. The number of nitrogens with one attached hydrogen (secondary N) is 2. The Labute approximate surface area is 240 Å². The summed E-state index contributed by atoms with van der Waals surface area (Å²) in [4.78, 5) is -1.71. The van der Waals surface area contributed by atoms with E-state index in [9.17, 15) is 27.8 Å². The van der Waals surface area contributed by atoms with Gasteiger partial charge >= 0.3 is 10.2 Å². The van der Waals surface area contributed by atoms with Gasteiger partial charge in [0.05, 0.1) is 16.2 Å². The number of anilines is 1. The van der Waals surface area contributed by atoms with E-state index < -0.39 is 30.2 Å². The number of benzene rings is 2. The number of halogens is 5. The third-order valence-corrected chi connectivity index (χ3v) is 11.5. The molecule has 226 valence electrons. The number of aromatic nitrogens is 3. The molecule has 3 heterocycles. The zero-order valence-corrected chi connectivity index (χ0v) is 24.0. The van der Waals surface area contributed by atoms with Gasteiger partial charge in [0.1, 0.15) is 4.90 Å². The second kappa shape index (κ2) is 9.64. The van der Waals surface area contributed by atoms with Gasteiger partial charge in [0.2, 0.25) is 0 Å². The van der Waals surface area contributed by atoms with Crippen LogP contribution in [0.1, 0.15) is 50.4 Å². The van der Waals surface area contributed by atoms with Crippen LogP contribution in [0.25, 0.3) is 16.8 Å². The van der Waals surface area contributed by atoms with Gasteiger partial charge < -0.3 is 10.6 Å². The van der Waals surface area contributed by atoms with Crippen LogP contribution in [-0.4, -0.2) is 40.9 Å². The molecule has 4 aromatic rings. The smallest absolute Gasteiger partial charge is 0.310 e. The van der Waals surface area contributed by atoms with Crippen molar-refractivity contribution in [2.75, 3.05) is 11.9 Å². The molecule has 0 amide bonds. The quantitative estimate of drug-likeness (QED) is 0.205. The summed E-state index contributed by atoms with van der Waals surface area (Å²) in [6.07, 6.45) is 5.72. The molecule has 0 spiro atoms. The highest BCUT2D eigenvalue weighted by atomic mass is 32.5. The number of hydrogen-bond donors (Lipinski definition) is 2. The van der Waals surface area contributed by atoms with Crippen LogP contribution in [0, 0.1) is 0 Å². The number of hydrogen-bond acceptors (Lipinski definition) is 6. The highest BCUT2D eigenvalue weighted by Crippen LogP contribution is 3.02. The van der Waals surface area contributed by atoms with Crippen molar-refractivity contribution >= 4 is 31.4 Å². The molecule has 2 aromatic heterocycles. The summed E-state index contributed by atoms with van der Waals surface area (Å²) < 4.78 is 93.6. The molecule has 1 aliphatic carbocycles. The van der Waals surface area contributed by atoms with Crippen molar-refractivity contribution in [2.45, 2.75) is 65.6 Å². The van der Waals surface area contributed by atoms with Gasteiger partial charge in [0, 0.05) is 17.9 Å². The van der Waals surface area contributed by atoms with Crippen LogP contribution in [0.5, 0.6) is 0 Å². The van der Waals surface area contributed by atoms with Gasteiger partial charge in [-0.05, 0) is 105 Å². The molecule has 2 aliphatic rings. The van der Waals surface area contributed by atoms with Gasteiger partial charge in [-0.2, -0.15) is 0 Å². The van der Waals surface area contributed by atoms with Crippen LogP contribution in [0.15, 0.2) is 76.7 Å². The van der Waals surface area contributed by atoms with E-state index in [0.717, 1.165) is 54.1 Å². The van der Waals surface area contributed by atoms with E-state index in [0.29, 0.717) is 37.8 Å². The Morgan fingerprint density at radius 2 is 1.48 bits per heavy atom. The molecule has 7 nitrogen and oxygen atoms in total. The Morgan fingerprint density at radius 1 is 0.810 bits per heavy atom. The summed E-state index contributed by atoms with van der Waals surface area (Å²) in [5, 5.41) is 14.5. The molecule has 1 aliphatic heterocycles. The van der Waals surface area contributed by atoms with Crippen molar-refractivity contribution in [3.63, 3.8) is 0 Å². The first kappa shape index (κ1) is 28.9. The first-order valence-corrected chi connectivity index (χ1v) is 17.2. The van der Waals surface area contributed by atoms with Crippen LogP contribution in [0.3, 0.4) is 0 Å². The highest BCUT2D eigenvalue weighted by Gasteiger charge is 2.65. The predicted octanol–water partition coefficient (Wildman–Crippen LogP) is 7.68. The standard InChI is InChI=1S/C28H30F5N5O2S2/c29-42(30,31,32,33)25-14-8-22(9-15-25)35-21-6-12-24(13-7-21)41(39,40)23-10-3-19(4-11-23)20-5-16-27-36-37-28(38(27)18-20)26-2-1-17-34-26/h3-5,8-11,14-16,18,21,24,26,34-35H,1-2,6-7,12-13,17H2/t21?,24?,26-/m0/s1. The Kier molecular flexibility index (Phi) is 6.63. The summed E-state index contributed by atoms with van der Waals surface area (Å²) in [5.74, 6) is 0.856. The number of fused-ring (bicyclic) bond motifs is 1. The lowest BCUT2D eigenvalue weighted by Crippen LogP contribution is -2.32. The third-order valence-electron chi connectivity index (χ3n) is 8.10. The second-order valence-corrected chi connectivity index (χ2v) is 15.7. The zero-order chi connectivity index (χ0) is 29.8. The van der Waals surface area contributed by atoms with Crippen molar-refractivity contribution < 1.29 is 27.8 Å². The molecule has 6 rings (SSSR count). The molecule has 0 bridgehead atoms. The molecule has 42 heavy (non-hydrogen) atoms. The average Bonchev–Trinajstić information content (AvgIpc) is 3.62. The number of rotatable bonds is 7. The molecule has 2 N–H and O–H groups in total. The van der Waals surface area contributed by atoms with Gasteiger partial charge in [-0.3, -0.25) is 4.40 Å². The van der Waals surface area contributed by atoms with Crippen molar-refractivity contribution in [1.29, 1.82) is 0 Å².